The van der Waals surface area contributed by atoms with Gasteiger partial charge in [0.1, 0.15) is 22.3 Å². The van der Waals surface area contributed by atoms with Crippen LogP contribution in [0.5, 0.6) is 0 Å². The maximum atomic E-state index is 13.0. The van der Waals surface area contributed by atoms with E-state index < -0.39 is 0 Å². The molecule has 0 aliphatic heterocycles. The molecule has 27 heavy (non-hydrogen) atoms. The fourth-order valence-electron chi connectivity index (χ4n) is 2.84. The number of carbonyl (C=O) groups is 1. The molecule has 0 radical (unpaired) electrons. The molecule has 0 saturated heterocycles. The van der Waals surface area contributed by atoms with Gasteiger partial charge in [0.25, 0.3) is 0 Å². The van der Waals surface area contributed by atoms with E-state index in [4.69, 9.17) is 4.42 Å². The van der Waals surface area contributed by atoms with Gasteiger partial charge in [0.2, 0.25) is 5.91 Å². The van der Waals surface area contributed by atoms with Crippen molar-refractivity contribution >= 4 is 23.5 Å². The molecular formula is C20H18FN3O2S. The van der Waals surface area contributed by atoms with Crippen LogP contribution >= 0.6 is 11.3 Å². The van der Waals surface area contributed by atoms with Gasteiger partial charge in [0.15, 0.2) is 0 Å². The van der Waals surface area contributed by atoms with Crippen LogP contribution in [-0.2, 0) is 11.2 Å². The van der Waals surface area contributed by atoms with Crippen molar-refractivity contribution in [2.45, 2.75) is 25.7 Å². The Hall–Kier alpha value is -2.80. The highest BCUT2D eigenvalue weighted by molar-refractivity contribution is 7.13. The molecular weight excluding hydrogens is 365 g/mol. The number of thiazole rings is 1. The minimum Gasteiger partial charge on any atom is -0.460 e. The summed E-state index contributed by atoms with van der Waals surface area (Å²) in [4.78, 5) is 16.4. The Balaban J connectivity index is 1.30. The zero-order chi connectivity index (χ0) is 18.8. The molecule has 1 fully saturated rings. The maximum Gasteiger partial charge on any atom is 0.246 e. The summed E-state index contributed by atoms with van der Waals surface area (Å²) in [6, 6.07) is 9.93. The number of furan rings is 1. The molecule has 1 aliphatic carbocycles. The number of benzene rings is 1. The number of nitrogens with zero attached hydrogens (tertiary/aromatic N) is 2. The zero-order valence-electron chi connectivity index (χ0n) is 14.7. The molecule has 1 aliphatic rings. The molecule has 3 aromatic rings. The van der Waals surface area contributed by atoms with Crippen molar-refractivity contribution < 1.29 is 13.6 Å². The van der Waals surface area contributed by atoms with Crippen molar-refractivity contribution in [3.05, 3.63) is 64.8 Å². The summed E-state index contributed by atoms with van der Waals surface area (Å²) in [5.74, 6) is 2.25. The summed E-state index contributed by atoms with van der Waals surface area (Å²) < 4.78 is 18.7. The highest BCUT2D eigenvalue weighted by Crippen LogP contribution is 2.47. The minimum absolute atomic E-state index is 0.123. The van der Waals surface area contributed by atoms with Crippen LogP contribution in [0, 0.1) is 11.7 Å². The van der Waals surface area contributed by atoms with E-state index in [0.29, 0.717) is 23.3 Å². The monoisotopic (exact) mass is 383 g/mol. The van der Waals surface area contributed by atoms with Crippen LogP contribution in [0.4, 0.5) is 4.39 Å². The number of aromatic nitrogens is 1. The quantitative estimate of drug-likeness (QED) is 0.508. The molecule has 1 N–H and O–H groups in total. The van der Waals surface area contributed by atoms with Crippen molar-refractivity contribution in [1.82, 2.24) is 10.4 Å². The van der Waals surface area contributed by atoms with Crippen molar-refractivity contribution in [2.24, 2.45) is 11.0 Å². The first kappa shape index (κ1) is 17.6. The second-order valence-electron chi connectivity index (χ2n) is 6.68. The van der Waals surface area contributed by atoms with E-state index >= 15 is 0 Å². The number of rotatable bonds is 6. The minimum atomic E-state index is -0.289. The van der Waals surface area contributed by atoms with Crippen LogP contribution in [0.3, 0.4) is 0 Å². The predicted molar refractivity (Wildman–Crippen MR) is 102 cm³/mol. The lowest BCUT2D eigenvalue weighted by Crippen LogP contribution is -2.19. The van der Waals surface area contributed by atoms with E-state index in [1.165, 1.54) is 29.7 Å². The van der Waals surface area contributed by atoms with Crippen LogP contribution in [-0.4, -0.2) is 17.1 Å². The second-order valence-corrected chi connectivity index (χ2v) is 7.54. The van der Waals surface area contributed by atoms with E-state index in [-0.39, 0.29) is 18.1 Å². The molecule has 1 amide bonds. The lowest BCUT2D eigenvalue weighted by molar-refractivity contribution is -0.120. The first-order chi connectivity index (χ1) is 13.1. The molecule has 2 atom stereocenters. The topological polar surface area (TPSA) is 67.5 Å². The van der Waals surface area contributed by atoms with E-state index in [0.717, 1.165) is 22.8 Å². The van der Waals surface area contributed by atoms with Crippen molar-refractivity contribution in [3.8, 4) is 10.6 Å². The molecule has 5 nitrogen and oxygen atoms in total. The van der Waals surface area contributed by atoms with Crippen molar-refractivity contribution in [3.63, 3.8) is 0 Å². The lowest BCUT2D eigenvalue weighted by Gasteiger charge is -1.97. The lowest BCUT2D eigenvalue weighted by atomic mass is 10.2. The number of nitrogens with one attached hydrogen (secondary N) is 1. The molecule has 1 aromatic carbocycles. The summed E-state index contributed by atoms with van der Waals surface area (Å²) >= 11 is 1.42. The van der Waals surface area contributed by atoms with Crippen LogP contribution in [0.25, 0.3) is 10.6 Å². The third kappa shape index (κ3) is 4.31. The van der Waals surface area contributed by atoms with Crippen LogP contribution in [0.1, 0.15) is 36.5 Å². The zero-order valence-corrected chi connectivity index (χ0v) is 15.5. The molecule has 0 bridgehead atoms. The van der Waals surface area contributed by atoms with Crippen LogP contribution in [0.2, 0.25) is 0 Å². The first-order valence-corrected chi connectivity index (χ1v) is 9.58. The fourth-order valence-corrected chi connectivity index (χ4v) is 3.67. The molecule has 2 aromatic heterocycles. The third-order valence-electron chi connectivity index (χ3n) is 4.49. The van der Waals surface area contributed by atoms with Crippen LogP contribution in [0.15, 0.2) is 51.3 Å². The summed E-state index contributed by atoms with van der Waals surface area (Å²) in [5.41, 5.74) is 3.96. The van der Waals surface area contributed by atoms with Gasteiger partial charge < -0.3 is 4.42 Å². The Bertz CT molecular complexity index is 977. The van der Waals surface area contributed by atoms with E-state index in [1.54, 1.807) is 12.1 Å². The first-order valence-electron chi connectivity index (χ1n) is 8.70. The van der Waals surface area contributed by atoms with Gasteiger partial charge in [-0.05, 0) is 48.7 Å². The van der Waals surface area contributed by atoms with Crippen molar-refractivity contribution in [2.75, 3.05) is 0 Å². The summed E-state index contributed by atoms with van der Waals surface area (Å²) in [6.45, 7) is 2.20. The number of hydrogen-bond acceptors (Lipinski definition) is 5. The summed E-state index contributed by atoms with van der Waals surface area (Å²) in [7, 11) is 0. The Morgan fingerprint density at radius 3 is 2.89 bits per heavy atom. The van der Waals surface area contributed by atoms with Gasteiger partial charge >= 0.3 is 0 Å². The average Bonchev–Trinajstić information content (AvgIpc) is 3.03. The van der Waals surface area contributed by atoms with Crippen LogP contribution < -0.4 is 5.43 Å². The number of carbonyl (C=O) groups excluding carboxylic acids is 1. The number of halogens is 1. The van der Waals surface area contributed by atoms with E-state index in [1.807, 2.05) is 17.5 Å². The predicted octanol–water partition coefficient (Wildman–Crippen LogP) is 4.36. The molecule has 2 heterocycles. The van der Waals surface area contributed by atoms with Crippen molar-refractivity contribution in [1.29, 1.82) is 0 Å². The molecule has 1 saturated carbocycles. The highest BCUT2D eigenvalue weighted by atomic mass is 32.1. The molecule has 0 unspecified atom stereocenters. The van der Waals surface area contributed by atoms with E-state index in [2.05, 4.69) is 22.4 Å². The smallest absolute Gasteiger partial charge is 0.246 e. The number of hydrazone groups is 1. The highest BCUT2D eigenvalue weighted by Gasteiger charge is 2.36. The SMILES string of the molecule is C[C@H]1C[C@H]1c1ccc(/C=N\NC(=O)Cc2csc(-c3ccc(F)cc3)n2)o1. The number of amides is 1. The van der Waals surface area contributed by atoms with Gasteiger partial charge in [-0.2, -0.15) is 5.10 Å². The largest absolute Gasteiger partial charge is 0.460 e. The average molecular weight is 383 g/mol. The Morgan fingerprint density at radius 2 is 2.15 bits per heavy atom. The molecule has 4 rings (SSSR count). The van der Waals surface area contributed by atoms with Gasteiger partial charge in [-0.25, -0.2) is 14.8 Å². The van der Waals surface area contributed by atoms with Gasteiger partial charge in [-0.1, -0.05) is 6.92 Å². The summed E-state index contributed by atoms with van der Waals surface area (Å²) in [5, 5.41) is 6.51. The number of hydrogen-bond donors (Lipinski definition) is 1. The molecule has 0 spiro atoms. The summed E-state index contributed by atoms with van der Waals surface area (Å²) in [6.07, 6.45) is 2.78. The Kier molecular flexibility index (Phi) is 4.85. The van der Waals surface area contributed by atoms with Gasteiger partial charge in [-0.15, -0.1) is 11.3 Å². The fraction of sp³-hybridized carbons (Fsp3) is 0.250. The Labute approximate surface area is 159 Å². The normalized spacial score (nSPS) is 18.7. The Morgan fingerprint density at radius 1 is 1.37 bits per heavy atom. The van der Waals surface area contributed by atoms with E-state index in [9.17, 15) is 9.18 Å². The standard InChI is InChI=1S/C20H18FN3O2S/c1-12-8-17(12)18-7-6-16(26-18)10-22-24-19(25)9-15-11-27-20(23-15)13-2-4-14(21)5-3-13/h2-7,10-12,17H,8-9H2,1H3,(H,24,25)/b22-10-/t12-,17+/m0/s1. The second kappa shape index (κ2) is 7.44. The van der Waals surface area contributed by atoms with Gasteiger partial charge in [0, 0.05) is 16.9 Å². The van der Waals surface area contributed by atoms with Gasteiger partial charge in [0.05, 0.1) is 18.3 Å². The molecule has 138 valence electrons. The maximum absolute atomic E-state index is 13.0. The molecule has 7 heteroatoms. The third-order valence-corrected chi connectivity index (χ3v) is 5.43. The van der Waals surface area contributed by atoms with Gasteiger partial charge in [-0.3, -0.25) is 4.79 Å².